The maximum atomic E-state index is 12.1. The number of hydrogen-bond acceptors (Lipinski definition) is 2. The fraction of sp³-hybridized carbons (Fsp3) is 0.300. The molecule has 0 atom stereocenters. The van der Waals surface area contributed by atoms with E-state index in [9.17, 15) is 18.0 Å². The van der Waals surface area contributed by atoms with E-state index in [1.807, 2.05) is 0 Å². The van der Waals surface area contributed by atoms with Gasteiger partial charge in [0.25, 0.3) is 0 Å². The number of halogens is 5. The summed E-state index contributed by atoms with van der Waals surface area (Å²) in [5.74, 6) is -0.731. The van der Waals surface area contributed by atoms with Crippen molar-refractivity contribution in [2.24, 2.45) is 0 Å². The van der Waals surface area contributed by atoms with Crippen molar-refractivity contribution < 1.29 is 22.7 Å². The lowest BCUT2D eigenvalue weighted by Crippen LogP contribution is -2.18. The molecular formula is C10H7ClF3IO2. The molecule has 7 heteroatoms. The lowest BCUT2D eigenvalue weighted by atomic mass is 10.1. The Morgan fingerprint density at radius 1 is 1.41 bits per heavy atom. The first-order valence-electron chi connectivity index (χ1n) is 4.43. The van der Waals surface area contributed by atoms with Gasteiger partial charge in [0.1, 0.15) is 5.75 Å². The smallest absolute Gasteiger partial charge is 0.405 e. The maximum absolute atomic E-state index is 12.1. The maximum Gasteiger partial charge on any atom is 0.573 e. The van der Waals surface area contributed by atoms with Gasteiger partial charge in [-0.1, -0.05) is 6.07 Å². The van der Waals surface area contributed by atoms with Gasteiger partial charge in [0, 0.05) is 6.42 Å². The van der Waals surface area contributed by atoms with Crippen LogP contribution in [-0.4, -0.2) is 18.0 Å². The Kier molecular flexibility index (Phi) is 5.05. The molecular weight excluding hydrogens is 371 g/mol. The van der Waals surface area contributed by atoms with Crippen molar-refractivity contribution in [2.45, 2.75) is 12.8 Å². The minimum Gasteiger partial charge on any atom is -0.405 e. The van der Waals surface area contributed by atoms with Crippen molar-refractivity contribution in [3.8, 4) is 5.75 Å². The lowest BCUT2D eigenvalue weighted by molar-refractivity contribution is -0.274. The Balaban J connectivity index is 2.90. The average molecular weight is 379 g/mol. The number of ketones is 1. The summed E-state index contributed by atoms with van der Waals surface area (Å²) >= 11 is 7.04. The summed E-state index contributed by atoms with van der Waals surface area (Å²) in [5, 5.41) is 0. The Labute approximate surface area is 114 Å². The van der Waals surface area contributed by atoms with Crippen molar-refractivity contribution in [2.75, 3.05) is 5.88 Å². The molecule has 2 nitrogen and oxygen atoms in total. The SMILES string of the molecule is O=C(CCl)Cc1ccc(I)c(OC(F)(F)F)c1. The van der Waals surface area contributed by atoms with E-state index in [1.54, 1.807) is 28.7 Å². The van der Waals surface area contributed by atoms with E-state index in [4.69, 9.17) is 11.6 Å². The molecule has 0 aliphatic heterocycles. The van der Waals surface area contributed by atoms with Gasteiger partial charge in [-0.05, 0) is 40.3 Å². The average Bonchev–Trinajstić information content (AvgIpc) is 2.21. The summed E-state index contributed by atoms with van der Waals surface area (Å²) in [5.41, 5.74) is 0.440. The predicted octanol–water partition coefficient (Wildman–Crippen LogP) is 3.54. The summed E-state index contributed by atoms with van der Waals surface area (Å²) in [6.45, 7) is 0. The summed E-state index contributed by atoms with van der Waals surface area (Å²) < 4.78 is 40.4. The van der Waals surface area contributed by atoms with Crippen LogP contribution in [0.3, 0.4) is 0 Å². The largest absolute Gasteiger partial charge is 0.573 e. The molecule has 0 heterocycles. The molecule has 0 fully saturated rings. The van der Waals surface area contributed by atoms with E-state index >= 15 is 0 Å². The molecule has 1 aromatic rings. The highest BCUT2D eigenvalue weighted by atomic mass is 127. The topological polar surface area (TPSA) is 26.3 Å². The normalized spacial score (nSPS) is 11.4. The number of rotatable bonds is 4. The van der Waals surface area contributed by atoms with Gasteiger partial charge in [0.15, 0.2) is 5.78 Å². The quantitative estimate of drug-likeness (QED) is 0.592. The number of carbonyl (C=O) groups excluding carboxylic acids is 1. The molecule has 0 saturated heterocycles. The van der Waals surface area contributed by atoms with Crippen molar-refractivity contribution in [1.29, 1.82) is 0 Å². The monoisotopic (exact) mass is 378 g/mol. The van der Waals surface area contributed by atoms with Crippen LogP contribution in [0.1, 0.15) is 5.56 Å². The van der Waals surface area contributed by atoms with Crippen LogP contribution in [0.2, 0.25) is 0 Å². The third-order valence-corrected chi connectivity index (χ3v) is 2.96. The van der Waals surface area contributed by atoms with E-state index in [0.717, 1.165) is 0 Å². The number of benzene rings is 1. The van der Waals surface area contributed by atoms with Crippen molar-refractivity contribution >= 4 is 40.0 Å². The zero-order valence-electron chi connectivity index (χ0n) is 8.35. The van der Waals surface area contributed by atoms with Gasteiger partial charge in [-0.15, -0.1) is 24.8 Å². The van der Waals surface area contributed by atoms with Crippen molar-refractivity contribution in [3.63, 3.8) is 0 Å². The number of hydrogen-bond donors (Lipinski definition) is 0. The molecule has 0 spiro atoms. The van der Waals surface area contributed by atoms with Gasteiger partial charge in [-0.3, -0.25) is 4.79 Å². The zero-order chi connectivity index (χ0) is 13.1. The number of alkyl halides is 4. The minimum absolute atomic E-state index is 0.00532. The summed E-state index contributed by atoms with van der Waals surface area (Å²) in [6, 6.07) is 4.22. The van der Waals surface area contributed by atoms with Crippen LogP contribution in [0.15, 0.2) is 18.2 Å². The number of carbonyl (C=O) groups is 1. The van der Waals surface area contributed by atoms with Crippen LogP contribution in [0.25, 0.3) is 0 Å². The third kappa shape index (κ3) is 5.12. The second-order valence-corrected chi connectivity index (χ2v) is 4.59. The standard InChI is InChI=1S/C10H7ClF3IO2/c11-5-7(16)3-6-1-2-8(15)9(4-6)17-10(12,13)14/h1-2,4H,3,5H2. The van der Waals surface area contributed by atoms with Crippen molar-refractivity contribution in [1.82, 2.24) is 0 Å². The second-order valence-electron chi connectivity index (χ2n) is 3.16. The molecule has 0 unspecified atom stereocenters. The van der Waals surface area contributed by atoms with E-state index < -0.39 is 6.36 Å². The van der Waals surface area contributed by atoms with Gasteiger partial charge < -0.3 is 4.74 Å². The first-order valence-corrected chi connectivity index (χ1v) is 6.05. The van der Waals surface area contributed by atoms with Crippen molar-refractivity contribution in [3.05, 3.63) is 27.3 Å². The van der Waals surface area contributed by atoms with Gasteiger partial charge in [0.05, 0.1) is 9.45 Å². The highest BCUT2D eigenvalue weighted by molar-refractivity contribution is 14.1. The molecule has 0 N–H and O–H groups in total. The van der Waals surface area contributed by atoms with Crippen LogP contribution in [0.5, 0.6) is 5.75 Å². The fourth-order valence-electron chi connectivity index (χ4n) is 1.14. The predicted molar refractivity (Wildman–Crippen MR) is 65.3 cm³/mol. The molecule has 0 radical (unpaired) electrons. The van der Waals surface area contributed by atoms with Crippen LogP contribution in [0.4, 0.5) is 13.2 Å². The molecule has 0 aromatic heterocycles. The first kappa shape index (κ1) is 14.6. The van der Waals surface area contributed by atoms with E-state index in [0.29, 0.717) is 9.13 Å². The number of ether oxygens (including phenoxy) is 1. The Morgan fingerprint density at radius 3 is 2.59 bits per heavy atom. The zero-order valence-corrected chi connectivity index (χ0v) is 11.3. The molecule has 0 amide bonds. The van der Waals surface area contributed by atoms with Gasteiger partial charge >= 0.3 is 6.36 Å². The highest BCUT2D eigenvalue weighted by Gasteiger charge is 2.32. The molecule has 0 aliphatic rings. The minimum atomic E-state index is -4.74. The molecule has 0 bridgehead atoms. The Bertz CT molecular complexity index is 421. The van der Waals surface area contributed by atoms with Gasteiger partial charge in [-0.2, -0.15) is 0 Å². The Hall–Kier alpha value is -0.500. The fourth-order valence-corrected chi connectivity index (χ4v) is 1.68. The molecule has 17 heavy (non-hydrogen) atoms. The molecule has 0 saturated carbocycles. The lowest BCUT2D eigenvalue weighted by Gasteiger charge is -2.11. The van der Waals surface area contributed by atoms with Gasteiger partial charge in [-0.25, -0.2) is 0 Å². The van der Waals surface area contributed by atoms with Crippen LogP contribution in [0, 0.1) is 3.57 Å². The Morgan fingerprint density at radius 2 is 2.06 bits per heavy atom. The van der Waals surface area contributed by atoms with Crippen LogP contribution < -0.4 is 4.74 Å². The third-order valence-electron chi connectivity index (χ3n) is 1.77. The molecule has 0 aliphatic carbocycles. The van der Waals surface area contributed by atoms with E-state index in [-0.39, 0.29) is 23.8 Å². The van der Waals surface area contributed by atoms with E-state index in [2.05, 4.69) is 4.74 Å². The summed E-state index contributed by atoms with van der Waals surface area (Å²) in [7, 11) is 0. The van der Waals surface area contributed by atoms with Crippen LogP contribution in [-0.2, 0) is 11.2 Å². The molecule has 94 valence electrons. The highest BCUT2D eigenvalue weighted by Crippen LogP contribution is 2.28. The molecule has 1 aromatic carbocycles. The molecule has 1 rings (SSSR count). The van der Waals surface area contributed by atoms with E-state index in [1.165, 1.54) is 12.1 Å². The van der Waals surface area contributed by atoms with Gasteiger partial charge in [0.2, 0.25) is 0 Å². The second kappa shape index (κ2) is 5.90. The van der Waals surface area contributed by atoms with Crippen LogP contribution >= 0.6 is 34.2 Å². The first-order chi connectivity index (χ1) is 7.81. The number of Topliss-reactive ketones (excluding diaryl/α,β-unsaturated/α-hetero) is 1. The summed E-state index contributed by atoms with van der Waals surface area (Å²) in [4.78, 5) is 11.1. The summed E-state index contributed by atoms with van der Waals surface area (Å²) in [6.07, 6.45) is -4.75.